The highest BCUT2D eigenvalue weighted by Crippen LogP contribution is 2.43. The maximum atomic E-state index is 11.8. The lowest BCUT2D eigenvalue weighted by atomic mass is 9.72. The molecule has 0 radical (unpaired) electrons. The van der Waals surface area contributed by atoms with Gasteiger partial charge < -0.3 is 10.4 Å². The first-order valence-corrected chi connectivity index (χ1v) is 10.6. The summed E-state index contributed by atoms with van der Waals surface area (Å²) in [6.45, 7) is 6.29. The minimum absolute atomic E-state index is 0.0146. The fourth-order valence-corrected chi connectivity index (χ4v) is 4.23. The molecule has 0 unspecified atom stereocenters. The second-order valence-electron chi connectivity index (χ2n) is 8.55. The van der Waals surface area contributed by atoms with Gasteiger partial charge in [-0.2, -0.15) is 0 Å². The molecule has 0 amide bonds. The molecule has 2 N–H and O–H groups in total. The SMILES string of the molecule is Cc1ccc([C@H]2N[C@@H](c3ccc(C)cc3)C[C@@](O)(C#Cc3ccccc3)[C@@H]2C)cc1. The van der Waals surface area contributed by atoms with Crippen molar-refractivity contribution in [2.75, 3.05) is 0 Å². The van der Waals surface area contributed by atoms with Gasteiger partial charge in [-0.15, -0.1) is 0 Å². The van der Waals surface area contributed by atoms with Crippen molar-refractivity contribution in [3.8, 4) is 11.8 Å². The van der Waals surface area contributed by atoms with Crippen molar-refractivity contribution < 1.29 is 5.11 Å². The number of aliphatic hydroxyl groups is 1. The van der Waals surface area contributed by atoms with Gasteiger partial charge in [-0.05, 0) is 37.1 Å². The van der Waals surface area contributed by atoms with Crippen LogP contribution in [-0.2, 0) is 0 Å². The number of aryl methyl sites for hydroxylation is 2. The summed E-state index contributed by atoms with van der Waals surface area (Å²) in [6.07, 6.45) is 0.555. The molecule has 4 rings (SSSR count). The molecule has 2 heteroatoms. The summed E-state index contributed by atoms with van der Waals surface area (Å²) in [6, 6.07) is 27.1. The van der Waals surface area contributed by atoms with Crippen molar-refractivity contribution in [1.29, 1.82) is 0 Å². The van der Waals surface area contributed by atoms with Crippen molar-refractivity contribution in [1.82, 2.24) is 5.32 Å². The van der Waals surface area contributed by atoms with Gasteiger partial charge in [0.05, 0.1) is 0 Å². The summed E-state index contributed by atoms with van der Waals surface area (Å²) in [4.78, 5) is 0. The van der Waals surface area contributed by atoms with Crippen molar-refractivity contribution in [3.05, 3.63) is 107 Å². The Morgan fingerprint density at radius 2 is 1.40 bits per heavy atom. The van der Waals surface area contributed by atoms with E-state index in [9.17, 15) is 5.11 Å². The molecule has 1 fully saturated rings. The Morgan fingerprint density at radius 1 is 0.833 bits per heavy atom. The monoisotopic (exact) mass is 395 g/mol. The van der Waals surface area contributed by atoms with Crippen LogP contribution in [-0.4, -0.2) is 10.7 Å². The molecule has 1 aliphatic heterocycles. The van der Waals surface area contributed by atoms with E-state index >= 15 is 0 Å². The third-order valence-electron chi connectivity index (χ3n) is 6.26. The highest BCUT2D eigenvalue weighted by molar-refractivity contribution is 5.39. The molecular weight excluding hydrogens is 366 g/mol. The number of piperidine rings is 1. The lowest BCUT2D eigenvalue weighted by Crippen LogP contribution is -2.51. The molecule has 0 aliphatic carbocycles. The second-order valence-corrected chi connectivity index (χ2v) is 8.55. The largest absolute Gasteiger partial charge is 0.377 e. The second kappa shape index (κ2) is 8.48. The topological polar surface area (TPSA) is 32.3 Å². The van der Waals surface area contributed by atoms with Crippen LogP contribution in [0, 0.1) is 31.6 Å². The molecule has 4 atom stereocenters. The summed E-state index contributed by atoms with van der Waals surface area (Å²) in [5, 5.41) is 15.6. The summed E-state index contributed by atoms with van der Waals surface area (Å²) < 4.78 is 0. The van der Waals surface area contributed by atoms with Gasteiger partial charge in [0.2, 0.25) is 0 Å². The average Bonchev–Trinajstić information content (AvgIpc) is 2.76. The molecule has 0 saturated carbocycles. The number of hydrogen-bond acceptors (Lipinski definition) is 2. The Morgan fingerprint density at radius 3 is 2.00 bits per heavy atom. The van der Waals surface area contributed by atoms with E-state index in [0.29, 0.717) is 6.42 Å². The fourth-order valence-electron chi connectivity index (χ4n) is 4.23. The predicted octanol–water partition coefficient (Wildman–Crippen LogP) is 5.50. The van der Waals surface area contributed by atoms with Crippen LogP contribution >= 0.6 is 0 Å². The zero-order chi connectivity index (χ0) is 21.1. The maximum absolute atomic E-state index is 11.8. The van der Waals surface area contributed by atoms with Crippen LogP contribution in [0.4, 0.5) is 0 Å². The van der Waals surface area contributed by atoms with E-state index < -0.39 is 5.60 Å². The number of nitrogens with one attached hydrogen (secondary N) is 1. The predicted molar refractivity (Wildman–Crippen MR) is 123 cm³/mol. The lowest BCUT2D eigenvalue weighted by molar-refractivity contribution is -0.0196. The van der Waals surface area contributed by atoms with Gasteiger partial charge in [0.25, 0.3) is 0 Å². The van der Waals surface area contributed by atoms with Crippen LogP contribution in [0.25, 0.3) is 0 Å². The van der Waals surface area contributed by atoms with E-state index in [2.05, 4.69) is 86.5 Å². The fraction of sp³-hybridized carbons (Fsp3) is 0.286. The van der Waals surface area contributed by atoms with Crippen molar-refractivity contribution >= 4 is 0 Å². The number of rotatable bonds is 2. The van der Waals surface area contributed by atoms with Crippen molar-refractivity contribution in [3.63, 3.8) is 0 Å². The molecule has 3 aromatic rings. The van der Waals surface area contributed by atoms with E-state index in [0.717, 1.165) is 5.56 Å². The highest BCUT2D eigenvalue weighted by Gasteiger charge is 2.45. The first kappa shape index (κ1) is 20.4. The van der Waals surface area contributed by atoms with Gasteiger partial charge in [-0.1, -0.05) is 96.6 Å². The van der Waals surface area contributed by atoms with E-state index in [1.807, 2.05) is 30.3 Å². The molecule has 1 heterocycles. The minimum Gasteiger partial charge on any atom is -0.377 e. The summed E-state index contributed by atoms with van der Waals surface area (Å²) >= 11 is 0. The first-order chi connectivity index (χ1) is 14.4. The molecule has 0 aromatic heterocycles. The van der Waals surface area contributed by atoms with E-state index in [-0.39, 0.29) is 18.0 Å². The average molecular weight is 396 g/mol. The van der Waals surface area contributed by atoms with Gasteiger partial charge in [0, 0.05) is 30.0 Å². The first-order valence-electron chi connectivity index (χ1n) is 10.6. The smallest absolute Gasteiger partial charge is 0.132 e. The normalized spacial score (nSPS) is 25.9. The summed E-state index contributed by atoms with van der Waals surface area (Å²) in [5.41, 5.74) is 4.67. The van der Waals surface area contributed by atoms with Crippen LogP contribution in [0.15, 0.2) is 78.9 Å². The molecule has 0 bridgehead atoms. The van der Waals surface area contributed by atoms with Crippen LogP contribution in [0.1, 0.15) is 53.2 Å². The standard InChI is InChI=1S/C28H29NO/c1-20-9-13-24(14-10-20)26-19-28(30,18-17-23-7-5-4-6-8-23)22(3)27(29-26)25-15-11-21(2)12-16-25/h4-16,22,26-27,29-30H,19H2,1-3H3/t22-,26-,27+,28+/m1/s1. The van der Waals surface area contributed by atoms with Crippen LogP contribution in [0.2, 0.25) is 0 Å². The quantitative estimate of drug-likeness (QED) is 0.562. The van der Waals surface area contributed by atoms with Crippen LogP contribution < -0.4 is 5.32 Å². The highest BCUT2D eigenvalue weighted by atomic mass is 16.3. The van der Waals surface area contributed by atoms with E-state index in [1.165, 1.54) is 22.3 Å². The summed E-state index contributed by atoms with van der Waals surface area (Å²) in [5.74, 6) is 6.41. The zero-order valence-corrected chi connectivity index (χ0v) is 17.9. The molecule has 3 aromatic carbocycles. The Hall–Kier alpha value is -2.86. The third kappa shape index (κ3) is 4.33. The maximum Gasteiger partial charge on any atom is 0.132 e. The molecule has 1 aliphatic rings. The van der Waals surface area contributed by atoms with Gasteiger partial charge in [0.15, 0.2) is 0 Å². The zero-order valence-electron chi connectivity index (χ0n) is 17.9. The number of benzene rings is 3. The Labute approximate surface area is 180 Å². The molecular formula is C28H29NO. The molecule has 2 nitrogen and oxygen atoms in total. The molecule has 0 spiro atoms. The molecule has 152 valence electrons. The van der Waals surface area contributed by atoms with E-state index in [1.54, 1.807) is 0 Å². The van der Waals surface area contributed by atoms with Crippen LogP contribution in [0.5, 0.6) is 0 Å². The van der Waals surface area contributed by atoms with Gasteiger partial charge in [-0.25, -0.2) is 0 Å². The minimum atomic E-state index is -1.09. The molecule has 1 saturated heterocycles. The Balaban J connectivity index is 1.73. The van der Waals surface area contributed by atoms with Gasteiger partial charge in [-0.3, -0.25) is 0 Å². The summed E-state index contributed by atoms with van der Waals surface area (Å²) in [7, 11) is 0. The van der Waals surface area contributed by atoms with E-state index in [4.69, 9.17) is 0 Å². The van der Waals surface area contributed by atoms with Gasteiger partial charge >= 0.3 is 0 Å². The lowest BCUT2D eigenvalue weighted by Gasteiger charge is -2.45. The Kier molecular flexibility index (Phi) is 5.77. The Bertz CT molecular complexity index is 1040. The van der Waals surface area contributed by atoms with Gasteiger partial charge in [0.1, 0.15) is 5.60 Å². The third-order valence-corrected chi connectivity index (χ3v) is 6.26. The van der Waals surface area contributed by atoms with Crippen LogP contribution in [0.3, 0.4) is 0 Å². The van der Waals surface area contributed by atoms with Crippen molar-refractivity contribution in [2.24, 2.45) is 5.92 Å². The molecule has 30 heavy (non-hydrogen) atoms. The van der Waals surface area contributed by atoms with Crippen molar-refractivity contribution in [2.45, 2.75) is 44.9 Å². The number of hydrogen-bond donors (Lipinski definition) is 2.